The molecule has 0 unspecified atom stereocenters. The molecule has 3 rings (SSSR count). The van der Waals surface area contributed by atoms with Crippen LogP contribution in [0.5, 0.6) is 0 Å². The number of Topliss-reactive ketones (excluding diaryl/α,β-unsaturated/α-hetero) is 1. The fourth-order valence-electron chi connectivity index (χ4n) is 2.68. The Morgan fingerprint density at radius 3 is 2.31 bits per heavy atom. The van der Waals surface area contributed by atoms with Crippen molar-refractivity contribution in [1.29, 1.82) is 0 Å². The molecule has 1 aliphatic rings. The molecule has 152 valence electrons. The lowest BCUT2D eigenvalue weighted by molar-refractivity contribution is -0.118. The van der Waals surface area contributed by atoms with Crippen molar-refractivity contribution in [3.63, 3.8) is 0 Å². The average Bonchev–Trinajstić information content (AvgIpc) is 2.73. The number of fused-ring (bicyclic) bond motifs is 2. The van der Waals surface area contributed by atoms with Crippen LogP contribution in [0.25, 0.3) is 0 Å². The summed E-state index contributed by atoms with van der Waals surface area (Å²) in [6, 6.07) is 16.6. The van der Waals surface area contributed by atoms with E-state index in [1.165, 1.54) is 17.7 Å². The van der Waals surface area contributed by atoms with Crippen molar-refractivity contribution in [2.45, 2.75) is 53.0 Å². The quantitative estimate of drug-likeness (QED) is 0.438. The van der Waals surface area contributed by atoms with Gasteiger partial charge < -0.3 is 4.90 Å². The second kappa shape index (κ2) is 14.1. The van der Waals surface area contributed by atoms with Crippen LogP contribution in [0.1, 0.15) is 63.1 Å². The lowest BCUT2D eigenvalue weighted by atomic mass is 10.0. The van der Waals surface area contributed by atoms with E-state index in [0.29, 0.717) is 18.6 Å². The van der Waals surface area contributed by atoms with E-state index in [-0.39, 0.29) is 0 Å². The van der Waals surface area contributed by atoms with Gasteiger partial charge in [-0.2, -0.15) is 0 Å². The van der Waals surface area contributed by atoms with Gasteiger partial charge in [0.25, 0.3) is 0 Å². The van der Waals surface area contributed by atoms with Crippen LogP contribution in [0.15, 0.2) is 66.9 Å². The van der Waals surface area contributed by atoms with Gasteiger partial charge in [0.1, 0.15) is 5.78 Å². The highest BCUT2D eigenvalue weighted by molar-refractivity contribution is 5.78. The van der Waals surface area contributed by atoms with Crippen LogP contribution in [-0.2, 0) is 11.3 Å². The van der Waals surface area contributed by atoms with Gasteiger partial charge in [0.15, 0.2) is 0 Å². The molecule has 0 spiro atoms. The topological polar surface area (TPSA) is 20.3 Å². The second-order valence-electron chi connectivity index (χ2n) is 6.83. The Kier molecular flexibility index (Phi) is 11.6. The molecule has 0 aromatic heterocycles. The highest BCUT2D eigenvalue weighted by atomic mass is 16.1. The second-order valence-corrected chi connectivity index (χ2v) is 6.83. The van der Waals surface area contributed by atoms with Crippen molar-refractivity contribution in [3.05, 3.63) is 83.6 Å². The van der Waals surface area contributed by atoms with Crippen molar-refractivity contribution >= 4 is 11.5 Å². The maximum Gasteiger partial charge on any atom is 0.132 e. The lowest BCUT2D eigenvalue weighted by Gasteiger charge is -2.22. The Bertz CT molecular complexity index is 879. The van der Waals surface area contributed by atoms with E-state index in [1.54, 1.807) is 6.08 Å². The molecule has 1 heterocycles. The minimum absolute atomic E-state index is 0.307. The highest BCUT2D eigenvalue weighted by Gasteiger charge is 2.10. The van der Waals surface area contributed by atoms with Gasteiger partial charge in [-0.15, -0.1) is 5.73 Å². The summed E-state index contributed by atoms with van der Waals surface area (Å²) in [5, 5.41) is 0. The van der Waals surface area contributed by atoms with Crippen LogP contribution in [0, 0.1) is 11.8 Å². The number of hydrogen-bond acceptors (Lipinski definition) is 2. The normalized spacial score (nSPS) is 10.6. The smallest absolute Gasteiger partial charge is 0.132 e. The Labute approximate surface area is 177 Å². The van der Waals surface area contributed by atoms with Gasteiger partial charge >= 0.3 is 0 Å². The van der Waals surface area contributed by atoms with Crippen LogP contribution in [0.3, 0.4) is 0 Å². The third-order valence-electron chi connectivity index (χ3n) is 4.18. The fourth-order valence-corrected chi connectivity index (χ4v) is 2.68. The van der Waals surface area contributed by atoms with Crippen molar-refractivity contribution in [1.82, 2.24) is 0 Å². The van der Waals surface area contributed by atoms with E-state index in [0.717, 1.165) is 24.1 Å². The van der Waals surface area contributed by atoms with Gasteiger partial charge in [-0.05, 0) is 36.3 Å². The first-order valence-corrected chi connectivity index (χ1v) is 10.3. The van der Waals surface area contributed by atoms with Gasteiger partial charge in [0.05, 0.1) is 5.69 Å². The van der Waals surface area contributed by atoms with E-state index >= 15 is 0 Å². The van der Waals surface area contributed by atoms with Gasteiger partial charge in [-0.3, -0.25) is 4.79 Å². The predicted molar refractivity (Wildman–Crippen MR) is 125 cm³/mol. The molecule has 0 saturated heterocycles. The zero-order valence-corrected chi connectivity index (χ0v) is 18.3. The number of carbonyl (C=O) groups is 1. The van der Waals surface area contributed by atoms with Crippen LogP contribution < -0.4 is 4.90 Å². The van der Waals surface area contributed by atoms with E-state index in [9.17, 15) is 4.79 Å². The third-order valence-corrected chi connectivity index (χ3v) is 4.18. The summed E-state index contributed by atoms with van der Waals surface area (Å²) in [5.41, 5.74) is 7.35. The first-order chi connectivity index (χ1) is 14.1. The largest absolute Gasteiger partial charge is 0.369 e. The lowest BCUT2D eigenvalue weighted by Crippen LogP contribution is -2.19. The number of hydrogen-bond donors (Lipinski definition) is 0. The van der Waals surface area contributed by atoms with Gasteiger partial charge in [0, 0.05) is 37.6 Å². The van der Waals surface area contributed by atoms with Crippen molar-refractivity contribution in [2.24, 2.45) is 0 Å². The molecule has 0 radical (unpaired) electrons. The number of anilines is 1. The molecule has 2 nitrogen and oxygen atoms in total. The highest BCUT2D eigenvalue weighted by Crippen LogP contribution is 2.23. The number of rotatable bonds is 4. The minimum Gasteiger partial charge on any atom is -0.369 e. The number of benzene rings is 2. The Morgan fingerprint density at radius 1 is 1.07 bits per heavy atom. The predicted octanol–water partition coefficient (Wildman–Crippen LogP) is 6.54. The molecule has 0 bridgehead atoms. The Hall–Kier alpha value is -3.01. The monoisotopic (exact) mass is 387 g/mol. The van der Waals surface area contributed by atoms with Crippen LogP contribution in [0.2, 0.25) is 0 Å². The van der Waals surface area contributed by atoms with Gasteiger partial charge in [-0.1, -0.05) is 75.9 Å². The molecule has 2 heteroatoms. The average molecular weight is 388 g/mol. The zero-order valence-electron chi connectivity index (χ0n) is 18.3. The molecule has 0 N–H and O–H groups in total. The van der Waals surface area contributed by atoms with Crippen molar-refractivity contribution in [2.75, 3.05) is 11.9 Å². The standard InChI is InChI=1S/C16H13N.C8H12O.C3H8/c1-17-12-15-8-3-2-6-13(15)10-11-14-7-4-5-9-16(14)17;1-3-5-6-7-8(9)4-2;1-3-2/h2-9H,12H2,1H3;5H,1,4,6-7H2,2H3;3H2,1-2H3. The van der Waals surface area contributed by atoms with Gasteiger partial charge in [-0.25, -0.2) is 0 Å². The Balaban J connectivity index is 0.000000299. The Morgan fingerprint density at radius 2 is 1.66 bits per heavy atom. The minimum atomic E-state index is 0.307. The van der Waals surface area contributed by atoms with Crippen molar-refractivity contribution in [3.8, 4) is 11.8 Å². The van der Waals surface area contributed by atoms with E-state index < -0.39 is 0 Å². The summed E-state index contributed by atoms with van der Waals surface area (Å²) in [6.45, 7) is 10.4. The molecule has 2 aromatic carbocycles. The molecule has 1 aliphatic heterocycles. The van der Waals surface area contributed by atoms with Crippen LogP contribution >= 0.6 is 0 Å². The zero-order chi connectivity index (χ0) is 21.5. The first kappa shape index (κ1) is 24.0. The molecule has 0 fully saturated rings. The van der Waals surface area contributed by atoms with E-state index in [2.05, 4.69) is 86.3 Å². The molecule has 2 aromatic rings. The summed E-state index contributed by atoms with van der Waals surface area (Å²) >= 11 is 0. The van der Waals surface area contributed by atoms with Crippen molar-refractivity contribution < 1.29 is 4.79 Å². The van der Waals surface area contributed by atoms with E-state index in [4.69, 9.17) is 0 Å². The summed E-state index contributed by atoms with van der Waals surface area (Å²) in [4.78, 5) is 12.9. The summed E-state index contributed by atoms with van der Waals surface area (Å²) in [6.07, 6.45) is 5.10. The van der Waals surface area contributed by atoms with Crippen LogP contribution in [-0.4, -0.2) is 12.8 Å². The fraction of sp³-hybridized carbons (Fsp3) is 0.333. The SMILES string of the molecule is C=C=CCCC(=O)CC.CCC.CN1Cc2ccccc2C#Cc2ccccc21. The maximum atomic E-state index is 10.6. The summed E-state index contributed by atoms with van der Waals surface area (Å²) < 4.78 is 0. The number of nitrogens with zero attached hydrogens (tertiary/aromatic N) is 1. The number of ketones is 1. The number of carbonyl (C=O) groups excluding carboxylic acids is 1. The summed E-state index contributed by atoms with van der Waals surface area (Å²) in [5.74, 6) is 6.83. The first-order valence-electron chi connectivity index (χ1n) is 10.3. The number of para-hydroxylation sites is 1. The van der Waals surface area contributed by atoms with E-state index in [1.807, 2.05) is 19.1 Å². The summed E-state index contributed by atoms with van der Waals surface area (Å²) in [7, 11) is 2.11. The van der Waals surface area contributed by atoms with Crippen LogP contribution in [0.4, 0.5) is 5.69 Å². The maximum absolute atomic E-state index is 10.6. The molecule has 0 saturated carbocycles. The molecular formula is C27H33NO. The molecule has 0 amide bonds. The van der Waals surface area contributed by atoms with Gasteiger partial charge in [0.2, 0.25) is 0 Å². The molecule has 0 atom stereocenters. The molecule has 29 heavy (non-hydrogen) atoms. The molecule has 0 aliphatic carbocycles. The third kappa shape index (κ3) is 8.69. The number of allylic oxidation sites excluding steroid dienone is 1. The molecular weight excluding hydrogens is 354 g/mol.